The van der Waals surface area contributed by atoms with Crippen LogP contribution in [0.4, 0.5) is 11.6 Å². The lowest BCUT2D eigenvalue weighted by atomic mass is 9.89. The molecule has 1 aromatic heterocycles. The van der Waals surface area contributed by atoms with Gasteiger partial charge in [-0.25, -0.2) is 9.97 Å². The van der Waals surface area contributed by atoms with Gasteiger partial charge >= 0.3 is 0 Å². The molecule has 112 valence electrons. The Bertz CT molecular complexity index is 477. The molecule has 20 heavy (non-hydrogen) atoms. The Morgan fingerprint density at radius 2 is 2.00 bits per heavy atom. The van der Waals surface area contributed by atoms with E-state index in [2.05, 4.69) is 36.1 Å². The molecule has 0 aliphatic heterocycles. The average Bonchev–Trinajstić information content (AvgIpc) is 3.12. The lowest BCUT2D eigenvalue weighted by Gasteiger charge is -2.23. The SMILES string of the molecule is Cc1c(N)nc(C2CC2)nc1NCC(O)CC(C)(C)C. The molecule has 4 N–H and O–H groups in total. The first kappa shape index (κ1) is 15.0. The van der Waals surface area contributed by atoms with Gasteiger partial charge in [-0.2, -0.15) is 0 Å². The van der Waals surface area contributed by atoms with Crippen molar-refractivity contribution in [2.24, 2.45) is 5.41 Å². The van der Waals surface area contributed by atoms with E-state index in [-0.39, 0.29) is 5.41 Å². The molecule has 0 amide bonds. The maximum atomic E-state index is 10.1. The minimum Gasteiger partial charge on any atom is -0.391 e. The molecule has 1 aromatic rings. The highest BCUT2D eigenvalue weighted by Crippen LogP contribution is 2.39. The zero-order valence-corrected chi connectivity index (χ0v) is 12.9. The van der Waals surface area contributed by atoms with Crippen molar-refractivity contribution in [1.29, 1.82) is 0 Å². The molecule has 5 nitrogen and oxygen atoms in total. The van der Waals surface area contributed by atoms with Gasteiger partial charge in [0.15, 0.2) is 0 Å². The van der Waals surface area contributed by atoms with Crippen LogP contribution in [0.3, 0.4) is 0 Å². The molecule has 1 heterocycles. The van der Waals surface area contributed by atoms with Gasteiger partial charge in [-0.3, -0.25) is 0 Å². The second kappa shape index (κ2) is 5.56. The summed E-state index contributed by atoms with van der Waals surface area (Å²) in [5.74, 6) is 2.60. The second-order valence-electron chi connectivity index (χ2n) is 7.01. The van der Waals surface area contributed by atoms with Gasteiger partial charge in [-0.05, 0) is 31.6 Å². The van der Waals surface area contributed by atoms with Crippen LogP contribution < -0.4 is 11.1 Å². The van der Waals surface area contributed by atoms with Crippen LogP contribution in [-0.2, 0) is 0 Å². The van der Waals surface area contributed by atoms with E-state index in [1.54, 1.807) is 0 Å². The quantitative estimate of drug-likeness (QED) is 0.770. The van der Waals surface area contributed by atoms with E-state index in [9.17, 15) is 5.11 Å². The first-order valence-corrected chi connectivity index (χ1v) is 7.32. The number of nitrogen functional groups attached to an aromatic ring is 1. The zero-order chi connectivity index (χ0) is 14.9. The Morgan fingerprint density at radius 1 is 1.35 bits per heavy atom. The van der Waals surface area contributed by atoms with E-state index in [4.69, 9.17) is 5.73 Å². The van der Waals surface area contributed by atoms with Crippen LogP contribution in [0.15, 0.2) is 0 Å². The van der Waals surface area contributed by atoms with E-state index in [0.717, 1.165) is 36.5 Å². The van der Waals surface area contributed by atoms with Crippen molar-refractivity contribution >= 4 is 11.6 Å². The lowest BCUT2D eigenvalue weighted by molar-refractivity contribution is 0.132. The Kier molecular flexibility index (Phi) is 4.18. The summed E-state index contributed by atoms with van der Waals surface area (Å²) in [6, 6.07) is 0. The molecule has 0 spiro atoms. The molecule has 5 heteroatoms. The third-order valence-corrected chi connectivity index (χ3v) is 3.50. The largest absolute Gasteiger partial charge is 0.391 e. The van der Waals surface area contributed by atoms with Crippen LogP contribution in [-0.4, -0.2) is 27.7 Å². The summed E-state index contributed by atoms with van der Waals surface area (Å²) in [4.78, 5) is 8.90. The standard InChI is InChI=1S/C15H26N4O/c1-9-12(16)18-14(10-5-6-10)19-13(9)17-8-11(20)7-15(2,3)4/h10-11,20H,5-8H2,1-4H3,(H3,16,17,18,19). The smallest absolute Gasteiger partial charge is 0.136 e. The van der Waals surface area contributed by atoms with Gasteiger partial charge in [0, 0.05) is 18.0 Å². The molecule has 1 atom stereocenters. The summed E-state index contributed by atoms with van der Waals surface area (Å²) in [6.45, 7) is 8.75. The number of rotatable bonds is 5. The van der Waals surface area contributed by atoms with Crippen LogP contribution in [0.25, 0.3) is 0 Å². The van der Waals surface area contributed by atoms with Gasteiger partial charge in [0.25, 0.3) is 0 Å². The Labute approximate surface area is 121 Å². The van der Waals surface area contributed by atoms with Crippen molar-refractivity contribution in [3.05, 3.63) is 11.4 Å². The predicted octanol–water partition coefficient (Wildman–Crippen LogP) is 2.45. The minimum absolute atomic E-state index is 0.111. The maximum absolute atomic E-state index is 10.1. The molecule has 0 radical (unpaired) electrons. The number of aromatic nitrogens is 2. The monoisotopic (exact) mass is 278 g/mol. The normalized spacial score (nSPS) is 17.1. The van der Waals surface area contributed by atoms with Crippen molar-refractivity contribution in [2.75, 3.05) is 17.6 Å². The maximum Gasteiger partial charge on any atom is 0.136 e. The molecule has 2 rings (SSSR count). The molecule has 1 fully saturated rings. The molecule has 1 saturated carbocycles. The highest BCUT2D eigenvalue weighted by molar-refractivity contribution is 5.55. The van der Waals surface area contributed by atoms with E-state index >= 15 is 0 Å². The van der Waals surface area contributed by atoms with Crippen LogP contribution in [0.1, 0.15) is 57.3 Å². The molecule has 1 aliphatic rings. The molecule has 0 saturated heterocycles. The van der Waals surface area contributed by atoms with Crippen LogP contribution in [0.5, 0.6) is 0 Å². The Balaban J connectivity index is 2.01. The number of aliphatic hydroxyl groups is 1. The molecule has 0 aromatic carbocycles. The molecular formula is C15H26N4O. The first-order chi connectivity index (χ1) is 9.26. The van der Waals surface area contributed by atoms with Gasteiger partial charge in [-0.1, -0.05) is 20.8 Å². The number of hydrogen-bond donors (Lipinski definition) is 3. The van der Waals surface area contributed by atoms with Crippen molar-refractivity contribution in [3.63, 3.8) is 0 Å². The molecule has 1 unspecified atom stereocenters. The summed E-state index contributed by atoms with van der Waals surface area (Å²) >= 11 is 0. The van der Waals surface area contributed by atoms with E-state index in [0.29, 0.717) is 18.3 Å². The van der Waals surface area contributed by atoms with E-state index in [1.807, 2.05) is 6.92 Å². The number of nitrogens with zero attached hydrogens (tertiary/aromatic N) is 2. The zero-order valence-electron chi connectivity index (χ0n) is 12.9. The second-order valence-corrected chi connectivity index (χ2v) is 7.01. The van der Waals surface area contributed by atoms with Crippen LogP contribution >= 0.6 is 0 Å². The first-order valence-electron chi connectivity index (χ1n) is 7.32. The van der Waals surface area contributed by atoms with Crippen molar-refractivity contribution in [3.8, 4) is 0 Å². The highest BCUT2D eigenvalue weighted by atomic mass is 16.3. The third kappa shape index (κ3) is 4.07. The lowest BCUT2D eigenvalue weighted by Crippen LogP contribution is -2.26. The van der Waals surface area contributed by atoms with Crippen LogP contribution in [0, 0.1) is 12.3 Å². The van der Waals surface area contributed by atoms with Gasteiger partial charge in [-0.15, -0.1) is 0 Å². The van der Waals surface area contributed by atoms with Gasteiger partial charge in [0.2, 0.25) is 0 Å². The van der Waals surface area contributed by atoms with Gasteiger partial charge in [0.1, 0.15) is 17.5 Å². The molecular weight excluding hydrogens is 252 g/mol. The minimum atomic E-state index is -0.394. The fraction of sp³-hybridized carbons (Fsp3) is 0.733. The Morgan fingerprint density at radius 3 is 2.55 bits per heavy atom. The molecule has 0 bridgehead atoms. The summed E-state index contributed by atoms with van der Waals surface area (Å²) in [6.07, 6.45) is 2.65. The summed E-state index contributed by atoms with van der Waals surface area (Å²) in [5.41, 5.74) is 6.91. The number of nitrogens with two attached hydrogens (primary N) is 1. The van der Waals surface area contributed by atoms with Crippen molar-refractivity contribution < 1.29 is 5.11 Å². The summed E-state index contributed by atoms with van der Waals surface area (Å²) in [5, 5.41) is 13.3. The summed E-state index contributed by atoms with van der Waals surface area (Å²) in [7, 11) is 0. The average molecular weight is 278 g/mol. The van der Waals surface area contributed by atoms with Gasteiger partial charge in [0.05, 0.1) is 6.10 Å². The molecule has 1 aliphatic carbocycles. The predicted molar refractivity (Wildman–Crippen MR) is 81.7 cm³/mol. The topological polar surface area (TPSA) is 84.1 Å². The van der Waals surface area contributed by atoms with E-state index < -0.39 is 6.10 Å². The number of nitrogens with one attached hydrogen (secondary N) is 1. The van der Waals surface area contributed by atoms with Crippen LogP contribution in [0.2, 0.25) is 0 Å². The fourth-order valence-electron chi connectivity index (χ4n) is 2.24. The highest BCUT2D eigenvalue weighted by Gasteiger charge is 2.28. The Hall–Kier alpha value is -1.36. The van der Waals surface area contributed by atoms with Gasteiger partial charge < -0.3 is 16.2 Å². The van der Waals surface area contributed by atoms with Crippen molar-refractivity contribution in [2.45, 2.75) is 59.0 Å². The van der Waals surface area contributed by atoms with Crippen molar-refractivity contribution in [1.82, 2.24) is 9.97 Å². The fourth-order valence-corrected chi connectivity index (χ4v) is 2.24. The number of anilines is 2. The number of aliphatic hydroxyl groups excluding tert-OH is 1. The third-order valence-electron chi connectivity index (χ3n) is 3.50. The summed E-state index contributed by atoms with van der Waals surface area (Å²) < 4.78 is 0. The number of hydrogen-bond acceptors (Lipinski definition) is 5. The van der Waals surface area contributed by atoms with E-state index in [1.165, 1.54) is 0 Å².